The van der Waals surface area contributed by atoms with Gasteiger partial charge in [-0.15, -0.1) is 0 Å². The van der Waals surface area contributed by atoms with Crippen LogP contribution in [-0.2, 0) is 10.0 Å². The molecule has 0 saturated carbocycles. The third-order valence-corrected chi connectivity index (χ3v) is 5.11. The van der Waals surface area contributed by atoms with Crippen LogP contribution < -0.4 is 0 Å². The van der Waals surface area contributed by atoms with Crippen molar-refractivity contribution in [2.75, 3.05) is 13.6 Å². The monoisotopic (exact) mass is 289 g/mol. The highest BCUT2D eigenvalue weighted by atomic mass is 79.9. The van der Waals surface area contributed by atoms with Crippen molar-refractivity contribution in [1.29, 1.82) is 0 Å². The molecule has 3 nitrogen and oxygen atoms in total. The third-order valence-electron chi connectivity index (χ3n) is 2.72. The van der Waals surface area contributed by atoms with Crippen LogP contribution in [0.1, 0.15) is 18.4 Å². The molecule has 0 aromatic heterocycles. The minimum absolute atomic E-state index is 0.242. The molecule has 0 fully saturated rings. The summed E-state index contributed by atoms with van der Waals surface area (Å²) in [5.74, 6) is 0.242. The highest BCUT2D eigenvalue weighted by molar-refractivity contribution is 9.10. The average Bonchev–Trinajstić information content (AvgIpc) is 2.15. The Bertz CT molecular complexity index is 498. The average molecular weight is 290 g/mol. The largest absolute Gasteiger partial charge is 0.243 e. The molecule has 2 rings (SSSR count). The summed E-state index contributed by atoms with van der Waals surface area (Å²) in [7, 11) is -1.64. The van der Waals surface area contributed by atoms with Gasteiger partial charge in [-0.2, -0.15) is 0 Å². The lowest BCUT2D eigenvalue weighted by Gasteiger charge is -2.29. The molecule has 0 aliphatic carbocycles. The van der Waals surface area contributed by atoms with Crippen molar-refractivity contribution < 1.29 is 8.42 Å². The molecule has 1 aromatic carbocycles. The fourth-order valence-corrected chi connectivity index (χ4v) is 3.82. The molecule has 0 saturated heterocycles. The van der Waals surface area contributed by atoms with Gasteiger partial charge in [0.25, 0.3) is 0 Å². The van der Waals surface area contributed by atoms with Crippen molar-refractivity contribution in [2.24, 2.45) is 0 Å². The van der Waals surface area contributed by atoms with E-state index in [0.717, 1.165) is 10.0 Å². The first-order valence-corrected chi connectivity index (χ1v) is 6.92. The maximum Gasteiger partial charge on any atom is 0.243 e. The molecule has 1 unspecified atom stereocenters. The molecule has 1 aromatic rings. The SMILES string of the molecule is CC1CN(C)S(=O)(=O)c2ccc(Br)cc21. The molecule has 1 heterocycles. The van der Waals surface area contributed by atoms with Crippen LogP contribution in [0.5, 0.6) is 0 Å². The maximum atomic E-state index is 12.0. The molecule has 0 N–H and O–H groups in total. The van der Waals surface area contributed by atoms with E-state index in [0.29, 0.717) is 11.4 Å². The smallest absolute Gasteiger partial charge is 0.207 e. The third kappa shape index (κ3) is 1.73. The standard InChI is InChI=1S/C10H12BrNO2S/c1-7-6-12(2)15(13,14)10-4-3-8(11)5-9(7)10/h3-5,7H,6H2,1-2H3. The zero-order chi connectivity index (χ0) is 11.2. The number of sulfonamides is 1. The molecule has 0 radical (unpaired) electrons. The van der Waals surface area contributed by atoms with Crippen molar-refractivity contribution in [2.45, 2.75) is 17.7 Å². The predicted molar refractivity (Wildman–Crippen MR) is 62.4 cm³/mol. The lowest BCUT2D eigenvalue weighted by atomic mass is 10.0. The molecule has 15 heavy (non-hydrogen) atoms. The number of fused-ring (bicyclic) bond motifs is 1. The Morgan fingerprint density at radius 1 is 1.47 bits per heavy atom. The Morgan fingerprint density at radius 3 is 2.80 bits per heavy atom. The summed E-state index contributed by atoms with van der Waals surface area (Å²) < 4.78 is 26.3. The van der Waals surface area contributed by atoms with E-state index in [1.807, 2.05) is 13.0 Å². The van der Waals surface area contributed by atoms with Gasteiger partial charge < -0.3 is 0 Å². The number of rotatable bonds is 0. The van der Waals surface area contributed by atoms with Crippen molar-refractivity contribution in [3.05, 3.63) is 28.2 Å². The molecule has 0 bridgehead atoms. The zero-order valence-corrected chi connectivity index (χ0v) is 11.0. The first-order chi connectivity index (χ1) is 6.93. The zero-order valence-electron chi connectivity index (χ0n) is 8.57. The summed E-state index contributed by atoms with van der Waals surface area (Å²) in [5.41, 5.74) is 0.905. The van der Waals surface area contributed by atoms with Crippen molar-refractivity contribution in [1.82, 2.24) is 4.31 Å². The molecule has 1 atom stereocenters. The van der Waals surface area contributed by atoms with Gasteiger partial charge in [0.05, 0.1) is 4.90 Å². The second-order valence-electron chi connectivity index (χ2n) is 3.87. The van der Waals surface area contributed by atoms with E-state index in [-0.39, 0.29) is 5.92 Å². The van der Waals surface area contributed by atoms with Gasteiger partial charge in [-0.1, -0.05) is 22.9 Å². The van der Waals surface area contributed by atoms with Gasteiger partial charge in [0.2, 0.25) is 10.0 Å². The fraction of sp³-hybridized carbons (Fsp3) is 0.400. The van der Waals surface area contributed by atoms with E-state index in [9.17, 15) is 8.42 Å². The summed E-state index contributed by atoms with van der Waals surface area (Å²) in [6.45, 7) is 2.59. The fourth-order valence-electron chi connectivity index (χ4n) is 1.89. The van der Waals surface area contributed by atoms with Crippen LogP contribution in [0.25, 0.3) is 0 Å². The Hall–Kier alpha value is -0.390. The number of hydrogen-bond donors (Lipinski definition) is 0. The lowest BCUT2D eigenvalue weighted by Crippen LogP contribution is -2.35. The van der Waals surface area contributed by atoms with Gasteiger partial charge in [-0.3, -0.25) is 0 Å². The van der Waals surface area contributed by atoms with Gasteiger partial charge >= 0.3 is 0 Å². The van der Waals surface area contributed by atoms with E-state index in [1.165, 1.54) is 4.31 Å². The van der Waals surface area contributed by atoms with Crippen LogP contribution in [0.3, 0.4) is 0 Å². The highest BCUT2D eigenvalue weighted by Gasteiger charge is 2.32. The van der Waals surface area contributed by atoms with Crippen molar-refractivity contribution >= 4 is 26.0 Å². The van der Waals surface area contributed by atoms with E-state index in [4.69, 9.17) is 0 Å². The van der Waals surface area contributed by atoms with E-state index in [2.05, 4.69) is 15.9 Å². The van der Waals surface area contributed by atoms with Gasteiger partial charge in [-0.25, -0.2) is 12.7 Å². The van der Waals surface area contributed by atoms with Gasteiger partial charge in [0.15, 0.2) is 0 Å². The van der Waals surface area contributed by atoms with E-state index < -0.39 is 10.0 Å². The van der Waals surface area contributed by atoms with Crippen molar-refractivity contribution in [3.8, 4) is 0 Å². The summed E-state index contributed by atoms with van der Waals surface area (Å²) in [6.07, 6.45) is 0. The van der Waals surface area contributed by atoms with Gasteiger partial charge in [-0.05, 0) is 29.7 Å². The molecule has 1 aliphatic rings. The Labute approximate surface area is 98.3 Å². The van der Waals surface area contributed by atoms with Crippen LogP contribution in [0.15, 0.2) is 27.6 Å². The second-order valence-corrected chi connectivity index (χ2v) is 6.80. The minimum Gasteiger partial charge on any atom is -0.207 e. The van der Waals surface area contributed by atoms with Crippen LogP contribution in [0, 0.1) is 0 Å². The van der Waals surface area contributed by atoms with Crippen molar-refractivity contribution in [3.63, 3.8) is 0 Å². The number of nitrogens with zero attached hydrogens (tertiary/aromatic N) is 1. The minimum atomic E-state index is -3.26. The van der Waals surface area contributed by atoms with Gasteiger partial charge in [0, 0.05) is 18.1 Å². The molecule has 82 valence electrons. The molecule has 1 aliphatic heterocycles. The summed E-state index contributed by atoms with van der Waals surface area (Å²) in [4.78, 5) is 0.437. The van der Waals surface area contributed by atoms with Crippen LogP contribution in [0.2, 0.25) is 0 Å². The Kier molecular flexibility index (Phi) is 2.65. The Morgan fingerprint density at radius 2 is 2.13 bits per heavy atom. The summed E-state index contributed by atoms with van der Waals surface area (Å²) >= 11 is 3.36. The molecule has 5 heteroatoms. The normalized spacial score (nSPS) is 24.9. The predicted octanol–water partition coefficient (Wildman–Crippen LogP) is 2.19. The van der Waals surface area contributed by atoms with Gasteiger partial charge in [0.1, 0.15) is 0 Å². The molecular weight excluding hydrogens is 278 g/mol. The van der Waals surface area contributed by atoms with Crippen LogP contribution in [0.4, 0.5) is 0 Å². The highest BCUT2D eigenvalue weighted by Crippen LogP contribution is 2.34. The summed E-state index contributed by atoms with van der Waals surface area (Å²) in [6, 6.07) is 5.33. The molecule has 0 amide bonds. The van der Waals surface area contributed by atoms with Crippen LogP contribution in [-0.4, -0.2) is 26.3 Å². The number of benzene rings is 1. The quantitative estimate of drug-likeness (QED) is 0.734. The van der Waals surface area contributed by atoms with E-state index >= 15 is 0 Å². The number of halogens is 1. The molecule has 0 spiro atoms. The number of likely N-dealkylation sites (N-methyl/N-ethyl adjacent to an activating group) is 1. The molecular formula is C10H12BrNO2S. The first kappa shape index (κ1) is 11.1. The second kappa shape index (κ2) is 3.57. The summed E-state index contributed by atoms with van der Waals surface area (Å²) in [5, 5.41) is 0. The lowest BCUT2D eigenvalue weighted by molar-refractivity contribution is 0.426. The number of hydrogen-bond acceptors (Lipinski definition) is 2. The first-order valence-electron chi connectivity index (χ1n) is 4.68. The van der Waals surface area contributed by atoms with Crippen LogP contribution >= 0.6 is 15.9 Å². The van der Waals surface area contributed by atoms with E-state index in [1.54, 1.807) is 19.2 Å². The topological polar surface area (TPSA) is 37.4 Å². The Balaban J connectivity index is 2.70. The maximum absolute atomic E-state index is 12.0.